The fourth-order valence-corrected chi connectivity index (χ4v) is 4.98. The van der Waals surface area contributed by atoms with Gasteiger partial charge in [-0.15, -0.1) is 11.3 Å². The topological polar surface area (TPSA) is 49.4 Å². The van der Waals surface area contributed by atoms with Crippen molar-refractivity contribution in [2.24, 2.45) is 5.41 Å². The highest BCUT2D eigenvalue weighted by Crippen LogP contribution is 2.38. The first-order valence-corrected chi connectivity index (χ1v) is 10.7. The van der Waals surface area contributed by atoms with Crippen molar-refractivity contribution in [2.75, 3.05) is 20.1 Å². The molecule has 0 spiro atoms. The number of nitrogens with one attached hydrogen (secondary N) is 1. The Kier molecular flexibility index (Phi) is 5.49. The lowest BCUT2D eigenvalue weighted by atomic mass is 9.78. The van der Waals surface area contributed by atoms with Crippen LogP contribution in [0.25, 0.3) is 10.4 Å². The van der Waals surface area contributed by atoms with E-state index in [0.717, 1.165) is 5.56 Å². The molecule has 148 valence electrons. The molecule has 2 aromatic carbocycles. The Morgan fingerprint density at radius 3 is 2.52 bits per heavy atom. The Morgan fingerprint density at radius 2 is 1.79 bits per heavy atom. The minimum atomic E-state index is -0.618. The van der Waals surface area contributed by atoms with Gasteiger partial charge in [0.25, 0.3) is 5.91 Å². The number of hydrogen-bond donors (Lipinski definition) is 1. The van der Waals surface area contributed by atoms with E-state index in [1.807, 2.05) is 53.4 Å². The van der Waals surface area contributed by atoms with Crippen LogP contribution in [0.1, 0.15) is 22.3 Å². The largest absolute Gasteiger partial charge is 0.359 e. The van der Waals surface area contributed by atoms with Crippen molar-refractivity contribution in [3.05, 3.63) is 83.2 Å². The van der Waals surface area contributed by atoms with Crippen LogP contribution in [0.3, 0.4) is 0 Å². The van der Waals surface area contributed by atoms with Crippen molar-refractivity contribution in [3.63, 3.8) is 0 Å². The van der Waals surface area contributed by atoms with Gasteiger partial charge in [-0.05, 0) is 47.5 Å². The summed E-state index contributed by atoms with van der Waals surface area (Å²) in [6, 6.07) is 21.7. The molecule has 0 unspecified atom stereocenters. The number of likely N-dealkylation sites (tertiary alicyclic amines) is 1. The lowest BCUT2D eigenvalue weighted by molar-refractivity contribution is -0.129. The van der Waals surface area contributed by atoms with Gasteiger partial charge < -0.3 is 10.2 Å². The number of carbonyl (C=O) groups is 2. The molecule has 0 saturated carbocycles. The molecule has 0 bridgehead atoms. The van der Waals surface area contributed by atoms with E-state index in [-0.39, 0.29) is 11.8 Å². The smallest absolute Gasteiger partial charge is 0.253 e. The summed E-state index contributed by atoms with van der Waals surface area (Å²) in [5, 5.41) is 4.91. The summed E-state index contributed by atoms with van der Waals surface area (Å²) < 4.78 is 0. The fraction of sp³-hybridized carbons (Fsp3) is 0.250. The van der Waals surface area contributed by atoms with E-state index >= 15 is 0 Å². The van der Waals surface area contributed by atoms with Crippen LogP contribution < -0.4 is 5.32 Å². The van der Waals surface area contributed by atoms with Crippen molar-refractivity contribution >= 4 is 23.2 Å². The number of carbonyl (C=O) groups excluding carboxylic acids is 2. The molecular weight excluding hydrogens is 380 g/mol. The molecule has 4 rings (SSSR count). The molecule has 1 aliphatic heterocycles. The van der Waals surface area contributed by atoms with E-state index < -0.39 is 5.41 Å². The second-order valence-electron chi connectivity index (χ2n) is 7.51. The molecule has 1 N–H and O–H groups in total. The summed E-state index contributed by atoms with van der Waals surface area (Å²) in [7, 11) is 1.68. The molecule has 1 saturated heterocycles. The number of nitrogens with zero attached hydrogens (tertiary/aromatic N) is 1. The molecule has 4 nitrogen and oxygen atoms in total. The van der Waals surface area contributed by atoms with E-state index in [2.05, 4.69) is 28.9 Å². The molecular formula is C24H24N2O2S. The zero-order valence-corrected chi connectivity index (χ0v) is 17.2. The van der Waals surface area contributed by atoms with Gasteiger partial charge in [0.1, 0.15) is 0 Å². The van der Waals surface area contributed by atoms with Crippen LogP contribution >= 0.6 is 11.3 Å². The maximum absolute atomic E-state index is 13.0. The highest BCUT2D eigenvalue weighted by atomic mass is 32.1. The maximum atomic E-state index is 13.0. The van der Waals surface area contributed by atoms with Crippen molar-refractivity contribution < 1.29 is 9.59 Å². The second kappa shape index (κ2) is 8.21. The van der Waals surface area contributed by atoms with E-state index in [1.54, 1.807) is 18.4 Å². The minimum Gasteiger partial charge on any atom is -0.359 e. The van der Waals surface area contributed by atoms with Crippen LogP contribution in [0.4, 0.5) is 0 Å². The average molecular weight is 405 g/mol. The number of rotatable bonds is 5. The number of hydrogen-bond acceptors (Lipinski definition) is 3. The summed E-state index contributed by atoms with van der Waals surface area (Å²) in [5.74, 6) is -0.00948. The summed E-state index contributed by atoms with van der Waals surface area (Å²) in [6.45, 7) is 1.02. The van der Waals surface area contributed by atoms with E-state index in [1.165, 1.54) is 10.4 Å². The van der Waals surface area contributed by atoms with Crippen molar-refractivity contribution in [3.8, 4) is 10.4 Å². The van der Waals surface area contributed by atoms with Crippen molar-refractivity contribution in [2.45, 2.75) is 12.8 Å². The van der Waals surface area contributed by atoms with Gasteiger partial charge in [0.15, 0.2) is 0 Å². The molecule has 0 aliphatic carbocycles. The van der Waals surface area contributed by atoms with E-state index in [4.69, 9.17) is 0 Å². The van der Waals surface area contributed by atoms with Gasteiger partial charge in [0.05, 0.1) is 5.41 Å². The van der Waals surface area contributed by atoms with Gasteiger partial charge in [-0.3, -0.25) is 9.59 Å². The molecule has 1 aliphatic rings. The summed E-state index contributed by atoms with van der Waals surface area (Å²) in [4.78, 5) is 29.0. The third-order valence-electron chi connectivity index (χ3n) is 5.70. The van der Waals surface area contributed by atoms with Crippen molar-refractivity contribution in [1.82, 2.24) is 10.2 Å². The monoisotopic (exact) mass is 404 g/mol. The van der Waals surface area contributed by atoms with Gasteiger partial charge >= 0.3 is 0 Å². The van der Waals surface area contributed by atoms with Gasteiger partial charge in [0, 0.05) is 30.6 Å². The summed E-state index contributed by atoms with van der Waals surface area (Å²) >= 11 is 1.70. The van der Waals surface area contributed by atoms with Gasteiger partial charge in [-0.1, -0.05) is 48.5 Å². The maximum Gasteiger partial charge on any atom is 0.253 e. The van der Waals surface area contributed by atoms with Crippen LogP contribution in [0.5, 0.6) is 0 Å². The standard InChI is InChI=1S/C24H24N2O2S/c1-25-23(28)24(13-14-26(17-24)22(27)18-8-3-2-4-9-18)16-19-10-5-6-11-20(19)21-12-7-15-29-21/h2-12,15H,13-14,16-17H2,1H3,(H,25,28)/t24-/m0/s1. The second-order valence-corrected chi connectivity index (χ2v) is 8.46. The summed E-state index contributed by atoms with van der Waals surface area (Å²) in [6.07, 6.45) is 1.27. The zero-order chi connectivity index (χ0) is 20.3. The third-order valence-corrected chi connectivity index (χ3v) is 6.61. The molecule has 2 heterocycles. The molecule has 29 heavy (non-hydrogen) atoms. The fourth-order valence-electron chi connectivity index (χ4n) is 4.20. The Bertz CT molecular complexity index is 1000. The van der Waals surface area contributed by atoms with E-state index in [9.17, 15) is 9.59 Å². The first-order chi connectivity index (χ1) is 14.1. The highest BCUT2D eigenvalue weighted by molar-refractivity contribution is 7.13. The minimum absolute atomic E-state index is 0.00171. The average Bonchev–Trinajstić information content (AvgIpc) is 3.45. The molecule has 5 heteroatoms. The number of amides is 2. The summed E-state index contributed by atoms with van der Waals surface area (Å²) in [5.41, 5.74) is 2.36. The Labute approximate surface area is 175 Å². The number of benzene rings is 2. The third kappa shape index (κ3) is 3.83. The Morgan fingerprint density at radius 1 is 1.03 bits per heavy atom. The van der Waals surface area contributed by atoms with Crippen LogP contribution in [0.15, 0.2) is 72.1 Å². The molecule has 1 fully saturated rings. The predicted molar refractivity (Wildman–Crippen MR) is 117 cm³/mol. The number of thiophene rings is 1. The van der Waals surface area contributed by atoms with Crippen LogP contribution in [0.2, 0.25) is 0 Å². The normalized spacial score (nSPS) is 18.6. The molecule has 3 aromatic rings. The first kappa shape index (κ1) is 19.4. The molecule has 1 atom stereocenters. The lowest BCUT2D eigenvalue weighted by Gasteiger charge is -2.28. The highest BCUT2D eigenvalue weighted by Gasteiger charge is 2.46. The van der Waals surface area contributed by atoms with Crippen LogP contribution in [-0.2, 0) is 11.2 Å². The van der Waals surface area contributed by atoms with Crippen LogP contribution in [0, 0.1) is 5.41 Å². The predicted octanol–water partition coefficient (Wildman–Crippen LogP) is 4.24. The Balaban J connectivity index is 1.63. The Hall–Kier alpha value is -2.92. The van der Waals surface area contributed by atoms with Gasteiger partial charge in [-0.25, -0.2) is 0 Å². The first-order valence-electron chi connectivity index (χ1n) is 9.81. The van der Waals surface area contributed by atoms with Crippen LogP contribution in [-0.4, -0.2) is 36.9 Å². The lowest BCUT2D eigenvalue weighted by Crippen LogP contribution is -2.44. The van der Waals surface area contributed by atoms with E-state index in [0.29, 0.717) is 31.5 Å². The zero-order valence-electron chi connectivity index (χ0n) is 16.4. The van der Waals surface area contributed by atoms with Gasteiger partial charge in [-0.2, -0.15) is 0 Å². The molecule has 0 radical (unpaired) electrons. The quantitative estimate of drug-likeness (QED) is 0.692. The van der Waals surface area contributed by atoms with Crippen molar-refractivity contribution in [1.29, 1.82) is 0 Å². The van der Waals surface area contributed by atoms with Gasteiger partial charge in [0.2, 0.25) is 5.91 Å². The SMILES string of the molecule is CNC(=O)[C@]1(Cc2ccccc2-c2cccs2)CCN(C(=O)c2ccccc2)C1. The molecule has 2 amide bonds. The molecule has 1 aromatic heterocycles.